The highest BCUT2D eigenvalue weighted by molar-refractivity contribution is 9.10. The van der Waals surface area contributed by atoms with Gasteiger partial charge in [0.05, 0.1) is 6.61 Å². The molecule has 1 rings (SSSR count). The van der Waals surface area contributed by atoms with E-state index in [1.165, 1.54) is 11.6 Å². The number of carbonyl (C=O) groups excluding carboxylic acids is 1. The Morgan fingerprint density at radius 2 is 2.24 bits per heavy atom. The van der Waals surface area contributed by atoms with Crippen LogP contribution < -0.4 is 5.32 Å². The van der Waals surface area contributed by atoms with Crippen molar-refractivity contribution in [3.05, 3.63) is 46.5 Å². The van der Waals surface area contributed by atoms with Gasteiger partial charge in [0, 0.05) is 23.6 Å². The SMILES string of the molecule is CCOC(=O)/C=C/CNCc1ccccc1Br. The van der Waals surface area contributed by atoms with E-state index in [1.807, 2.05) is 24.3 Å². The van der Waals surface area contributed by atoms with Crippen LogP contribution in [0, 0.1) is 0 Å². The second-order valence-electron chi connectivity index (χ2n) is 3.38. The molecule has 0 fully saturated rings. The zero-order valence-corrected chi connectivity index (χ0v) is 11.4. The lowest BCUT2D eigenvalue weighted by Gasteiger charge is -2.04. The average Bonchev–Trinajstić information content (AvgIpc) is 2.31. The lowest BCUT2D eigenvalue weighted by molar-refractivity contribution is -0.137. The summed E-state index contributed by atoms with van der Waals surface area (Å²) in [5.41, 5.74) is 1.19. The van der Waals surface area contributed by atoms with E-state index in [0.29, 0.717) is 13.2 Å². The summed E-state index contributed by atoms with van der Waals surface area (Å²) in [6.07, 6.45) is 3.20. The van der Waals surface area contributed by atoms with Gasteiger partial charge in [0.15, 0.2) is 0 Å². The Morgan fingerprint density at radius 3 is 2.94 bits per heavy atom. The maximum atomic E-state index is 11.0. The summed E-state index contributed by atoms with van der Waals surface area (Å²) in [5.74, 6) is -0.296. The Labute approximate surface area is 110 Å². The van der Waals surface area contributed by atoms with Crippen molar-refractivity contribution in [1.29, 1.82) is 0 Å². The number of ether oxygens (including phenoxy) is 1. The molecule has 1 N–H and O–H groups in total. The molecule has 1 aromatic carbocycles. The third kappa shape index (κ3) is 5.65. The Balaban J connectivity index is 2.25. The average molecular weight is 298 g/mol. The molecule has 0 radical (unpaired) electrons. The van der Waals surface area contributed by atoms with Gasteiger partial charge in [-0.15, -0.1) is 0 Å². The van der Waals surface area contributed by atoms with Gasteiger partial charge in [0.2, 0.25) is 0 Å². The minimum Gasteiger partial charge on any atom is -0.463 e. The van der Waals surface area contributed by atoms with Crippen molar-refractivity contribution in [3.63, 3.8) is 0 Å². The molecule has 1 aromatic rings. The van der Waals surface area contributed by atoms with Crippen molar-refractivity contribution < 1.29 is 9.53 Å². The van der Waals surface area contributed by atoms with Crippen LogP contribution in [0.4, 0.5) is 0 Å². The number of carbonyl (C=O) groups is 1. The lowest BCUT2D eigenvalue weighted by Crippen LogP contribution is -2.13. The fourth-order valence-electron chi connectivity index (χ4n) is 1.28. The summed E-state index contributed by atoms with van der Waals surface area (Å²) >= 11 is 3.48. The fraction of sp³-hybridized carbons (Fsp3) is 0.308. The summed E-state index contributed by atoms with van der Waals surface area (Å²) in [6.45, 7) is 3.60. The minimum absolute atomic E-state index is 0.296. The smallest absolute Gasteiger partial charge is 0.330 e. The molecule has 0 spiro atoms. The van der Waals surface area contributed by atoms with Crippen LogP contribution in [0.1, 0.15) is 12.5 Å². The molecule has 0 saturated heterocycles. The zero-order chi connectivity index (χ0) is 12.5. The second kappa shape index (κ2) is 8.03. The summed E-state index contributed by atoms with van der Waals surface area (Å²) in [7, 11) is 0. The quantitative estimate of drug-likeness (QED) is 0.498. The van der Waals surface area contributed by atoms with Crippen LogP contribution in [0.5, 0.6) is 0 Å². The molecule has 0 unspecified atom stereocenters. The van der Waals surface area contributed by atoms with Crippen molar-refractivity contribution in [2.45, 2.75) is 13.5 Å². The number of hydrogen-bond acceptors (Lipinski definition) is 3. The van der Waals surface area contributed by atoms with Gasteiger partial charge < -0.3 is 10.1 Å². The maximum absolute atomic E-state index is 11.0. The van der Waals surface area contributed by atoms with Crippen molar-refractivity contribution in [2.75, 3.05) is 13.2 Å². The van der Waals surface area contributed by atoms with Gasteiger partial charge in [-0.05, 0) is 18.6 Å². The molecule has 4 heteroatoms. The van der Waals surface area contributed by atoms with Crippen LogP contribution in [0.25, 0.3) is 0 Å². The summed E-state index contributed by atoms with van der Waals surface area (Å²) in [4.78, 5) is 11.0. The number of benzene rings is 1. The molecule has 0 amide bonds. The third-order valence-corrected chi connectivity index (χ3v) is 2.85. The van der Waals surface area contributed by atoms with E-state index in [-0.39, 0.29) is 5.97 Å². The molecular formula is C13H16BrNO2. The summed E-state index contributed by atoms with van der Waals surface area (Å²) < 4.78 is 5.85. The van der Waals surface area contributed by atoms with Crippen LogP contribution in [-0.2, 0) is 16.1 Å². The standard InChI is InChI=1S/C13H16BrNO2/c1-2-17-13(16)8-5-9-15-10-11-6-3-4-7-12(11)14/h3-8,15H,2,9-10H2,1H3/b8-5+. The fourth-order valence-corrected chi connectivity index (χ4v) is 1.70. The molecule has 0 aliphatic rings. The number of hydrogen-bond donors (Lipinski definition) is 1. The van der Waals surface area contributed by atoms with Crippen LogP contribution >= 0.6 is 15.9 Å². The van der Waals surface area contributed by atoms with Gasteiger partial charge in [0.1, 0.15) is 0 Å². The van der Waals surface area contributed by atoms with E-state index in [9.17, 15) is 4.79 Å². The van der Waals surface area contributed by atoms with Crippen LogP contribution in [0.2, 0.25) is 0 Å². The molecule has 0 aromatic heterocycles. The summed E-state index contributed by atoms with van der Waals surface area (Å²) in [6, 6.07) is 8.03. The Kier molecular flexibility index (Phi) is 6.58. The van der Waals surface area contributed by atoms with Gasteiger partial charge in [-0.3, -0.25) is 0 Å². The largest absolute Gasteiger partial charge is 0.463 e. The van der Waals surface area contributed by atoms with Gasteiger partial charge >= 0.3 is 5.97 Å². The molecule has 0 saturated carbocycles. The lowest BCUT2D eigenvalue weighted by atomic mass is 10.2. The first-order valence-electron chi connectivity index (χ1n) is 5.51. The number of halogens is 1. The van der Waals surface area contributed by atoms with E-state index in [2.05, 4.69) is 21.2 Å². The number of nitrogens with one attached hydrogen (secondary N) is 1. The van der Waals surface area contributed by atoms with Gasteiger partial charge in [-0.2, -0.15) is 0 Å². The van der Waals surface area contributed by atoms with E-state index in [4.69, 9.17) is 4.74 Å². The summed E-state index contributed by atoms with van der Waals surface area (Å²) in [5, 5.41) is 3.22. The van der Waals surface area contributed by atoms with Crippen molar-refractivity contribution in [1.82, 2.24) is 5.32 Å². The van der Waals surface area contributed by atoms with E-state index >= 15 is 0 Å². The van der Waals surface area contributed by atoms with E-state index in [0.717, 1.165) is 11.0 Å². The Hall–Kier alpha value is -1.13. The zero-order valence-electron chi connectivity index (χ0n) is 9.78. The predicted octanol–water partition coefficient (Wildman–Crippen LogP) is 2.66. The molecule has 0 atom stereocenters. The topological polar surface area (TPSA) is 38.3 Å². The van der Waals surface area contributed by atoms with Gasteiger partial charge in [0.25, 0.3) is 0 Å². The first-order valence-corrected chi connectivity index (χ1v) is 6.30. The second-order valence-corrected chi connectivity index (χ2v) is 4.23. The molecule has 0 aliphatic heterocycles. The first-order chi connectivity index (χ1) is 8.24. The van der Waals surface area contributed by atoms with E-state index < -0.39 is 0 Å². The molecule has 0 bridgehead atoms. The highest BCUT2D eigenvalue weighted by Gasteiger charge is 1.96. The monoisotopic (exact) mass is 297 g/mol. The van der Waals surface area contributed by atoms with Crippen LogP contribution in [0.3, 0.4) is 0 Å². The molecule has 3 nitrogen and oxygen atoms in total. The molecular weight excluding hydrogens is 282 g/mol. The first kappa shape index (κ1) is 13.9. The minimum atomic E-state index is -0.296. The van der Waals surface area contributed by atoms with Crippen LogP contribution in [0.15, 0.2) is 40.9 Å². The van der Waals surface area contributed by atoms with Crippen molar-refractivity contribution >= 4 is 21.9 Å². The van der Waals surface area contributed by atoms with Crippen LogP contribution in [-0.4, -0.2) is 19.1 Å². The van der Waals surface area contributed by atoms with Gasteiger partial charge in [-0.25, -0.2) is 4.79 Å². The molecule has 0 aliphatic carbocycles. The molecule has 92 valence electrons. The molecule has 0 heterocycles. The van der Waals surface area contributed by atoms with E-state index in [1.54, 1.807) is 13.0 Å². The predicted molar refractivity (Wildman–Crippen MR) is 71.6 cm³/mol. The Morgan fingerprint density at radius 1 is 1.47 bits per heavy atom. The van der Waals surface area contributed by atoms with Crippen molar-refractivity contribution in [3.8, 4) is 0 Å². The Bertz CT molecular complexity index is 391. The normalized spacial score (nSPS) is 10.7. The molecule has 17 heavy (non-hydrogen) atoms. The number of esters is 1. The highest BCUT2D eigenvalue weighted by atomic mass is 79.9. The number of rotatable bonds is 6. The highest BCUT2D eigenvalue weighted by Crippen LogP contribution is 2.14. The maximum Gasteiger partial charge on any atom is 0.330 e. The third-order valence-electron chi connectivity index (χ3n) is 2.08. The van der Waals surface area contributed by atoms with Crippen molar-refractivity contribution in [2.24, 2.45) is 0 Å². The van der Waals surface area contributed by atoms with Gasteiger partial charge in [-0.1, -0.05) is 40.2 Å².